The number of carbonyl (C=O) groups excluding carboxylic acids is 2. The molecule has 0 aliphatic carbocycles. The average Bonchev–Trinajstić information content (AvgIpc) is 2.97. The highest BCUT2D eigenvalue weighted by atomic mass is 35.5. The van der Waals surface area contributed by atoms with Gasteiger partial charge >= 0.3 is 12.1 Å². The standard InChI is InChI=1S/C33H43ClN6O7/c1-20(2)14-25(31(42)43)40-30(41)15-21-8-9-22(34)16-24(21)39-29-18-28(36-19-37-29)38-23-10-11-26(45-6)27(17-23)46-13-7-12-35-32(44)47-33(3,4)5/h8-11,16-20,25H,7,12-15H2,1-6H3,(H,35,44)(H,40,41)(H,42,43)(H2,36,37,38,39)/t25-/m0/s1. The Kier molecular flexibility index (Phi) is 13.4. The van der Waals surface area contributed by atoms with Gasteiger partial charge in [0.05, 0.1) is 20.1 Å². The minimum atomic E-state index is -1.08. The second kappa shape index (κ2) is 17.2. The van der Waals surface area contributed by atoms with E-state index in [4.69, 9.17) is 25.8 Å². The van der Waals surface area contributed by atoms with Gasteiger partial charge in [0.15, 0.2) is 11.5 Å². The number of ether oxygens (including phenoxy) is 3. The van der Waals surface area contributed by atoms with Crippen LogP contribution in [0.1, 0.15) is 53.0 Å². The molecule has 0 fully saturated rings. The molecule has 2 amide bonds. The van der Waals surface area contributed by atoms with Gasteiger partial charge < -0.3 is 40.6 Å². The number of carboxylic acid groups (broad SMARTS) is 1. The first-order valence-corrected chi connectivity index (χ1v) is 15.5. The van der Waals surface area contributed by atoms with Crippen LogP contribution in [0.5, 0.6) is 11.5 Å². The first-order chi connectivity index (χ1) is 22.2. The molecule has 1 aromatic heterocycles. The molecule has 1 atom stereocenters. The number of anilines is 4. The van der Waals surface area contributed by atoms with E-state index in [0.717, 1.165) is 0 Å². The zero-order valence-electron chi connectivity index (χ0n) is 27.5. The molecule has 14 heteroatoms. The molecule has 5 N–H and O–H groups in total. The van der Waals surface area contributed by atoms with Crippen molar-refractivity contribution in [1.82, 2.24) is 20.6 Å². The van der Waals surface area contributed by atoms with Crippen LogP contribution in [-0.2, 0) is 20.7 Å². The minimum absolute atomic E-state index is 0.0662. The third-order valence-corrected chi connectivity index (χ3v) is 6.61. The number of methoxy groups -OCH3 is 1. The molecule has 0 aliphatic rings. The summed E-state index contributed by atoms with van der Waals surface area (Å²) < 4.78 is 16.6. The molecule has 3 rings (SSSR count). The van der Waals surface area contributed by atoms with E-state index < -0.39 is 29.6 Å². The van der Waals surface area contributed by atoms with Gasteiger partial charge in [0.25, 0.3) is 0 Å². The topological polar surface area (TPSA) is 173 Å². The van der Waals surface area contributed by atoms with Gasteiger partial charge in [0.2, 0.25) is 5.91 Å². The summed E-state index contributed by atoms with van der Waals surface area (Å²) in [7, 11) is 1.55. The highest BCUT2D eigenvalue weighted by Gasteiger charge is 2.22. The molecule has 47 heavy (non-hydrogen) atoms. The minimum Gasteiger partial charge on any atom is -0.493 e. The van der Waals surface area contributed by atoms with E-state index in [1.165, 1.54) is 6.33 Å². The number of hydrogen-bond donors (Lipinski definition) is 5. The summed E-state index contributed by atoms with van der Waals surface area (Å²) >= 11 is 6.26. The molecule has 0 radical (unpaired) electrons. The van der Waals surface area contributed by atoms with Crippen molar-refractivity contribution >= 4 is 52.6 Å². The summed E-state index contributed by atoms with van der Waals surface area (Å²) in [5.74, 6) is 0.536. The Labute approximate surface area is 279 Å². The molecule has 3 aromatic rings. The van der Waals surface area contributed by atoms with Gasteiger partial charge in [0.1, 0.15) is 29.6 Å². The van der Waals surface area contributed by atoms with Gasteiger partial charge in [-0.15, -0.1) is 0 Å². The van der Waals surface area contributed by atoms with Crippen molar-refractivity contribution in [1.29, 1.82) is 0 Å². The fourth-order valence-corrected chi connectivity index (χ4v) is 4.51. The number of aromatic nitrogens is 2. The molecule has 0 bridgehead atoms. The van der Waals surface area contributed by atoms with Crippen LogP contribution in [-0.4, -0.2) is 64.9 Å². The fourth-order valence-electron chi connectivity index (χ4n) is 4.34. The van der Waals surface area contributed by atoms with Crippen LogP contribution < -0.4 is 30.7 Å². The molecule has 0 spiro atoms. The van der Waals surface area contributed by atoms with Gasteiger partial charge in [0, 0.05) is 35.1 Å². The number of rotatable bonds is 16. The zero-order valence-corrected chi connectivity index (χ0v) is 28.2. The van der Waals surface area contributed by atoms with Gasteiger partial charge in [-0.1, -0.05) is 31.5 Å². The van der Waals surface area contributed by atoms with Crippen molar-refractivity contribution in [3.05, 3.63) is 59.4 Å². The lowest BCUT2D eigenvalue weighted by Crippen LogP contribution is -2.42. The molecule has 0 aliphatic heterocycles. The Morgan fingerprint density at radius 1 is 0.979 bits per heavy atom. The molecule has 13 nitrogen and oxygen atoms in total. The van der Waals surface area contributed by atoms with Crippen molar-refractivity contribution in [2.75, 3.05) is 30.9 Å². The molecule has 0 saturated carbocycles. The molecule has 0 saturated heterocycles. The maximum Gasteiger partial charge on any atom is 0.407 e. The van der Waals surface area contributed by atoms with Crippen molar-refractivity contribution in [3.63, 3.8) is 0 Å². The second-order valence-electron chi connectivity index (χ2n) is 12.1. The van der Waals surface area contributed by atoms with E-state index in [1.807, 2.05) is 19.9 Å². The Balaban J connectivity index is 1.65. The first-order valence-electron chi connectivity index (χ1n) is 15.2. The van der Waals surface area contributed by atoms with Crippen LogP contribution in [0.2, 0.25) is 5.02 Å². The number of nitrogens with zero attached hydrogens (tertiary/aromatic N) is 2. The Morgan fingerprint density at radius 2 is 1.70 bits per heavy atom. The number of nitrogens with one attached hydrogen (secondary N) is 4. The quantitative estimate of drug-likeness (QED) is 0.112. The highest BCUT2D eigenvalue weighted by molar-refractivity contribution is 6.30. The predicted octanol–water partition coefficient (Wildman–Crippen LogP) is 6.08. The third kappa shape index (κ3) is 12.9. The number of carbonyl (C=O) groups is 3. The van der Waals surface area contributed by atoms with Gasteiger partial charge in [-0.05, 0) is 69.4 Å². The molecule has 1 heterocycles. The molecular formula is C33H43ClN6O7. The number of aliphatic carboxylic acids is 1. The lowest BCUT2D eigenvalue weighted by Gasteiger charge is -2.19. The summed E-state index contributed by atoms with van der Waals surface area (Å²) in [4.78, 5) is 44.9. The van der Waals surface area contributed by atoms with Crippen molar-refractivity contribution < 1.29 is 33.7 Å². The van der Waals surface area contributed by atoms with E-state index in [0.29, 0.717) is 71.1 Å². The second-order valence-corrected chi connectivity index (χ2v) is 12.5. The zero-order chi connectivity index (χ0) is 34.6. The number of hydrogen-bond acceptors (Lipinski definition) is 10. The smallest absolute Gasteiger partial charge is 0.407 e. The Morgan fingerprint density at radius 3 is 2.36 bits per heavy atom. The van der Waals surface area contributed by atoms with Crippen molar-refractivity contribution in [2.24, 2.45) is 5.92 Å². The largest absolute Gasteiger partial charge is 0.493 e. The van der Waals surface area contributed by atoms with E-state index in [9.17, 15) is 19.5 Å². The Bertz CT molecular complexity index is 1530. The maximum absolute atomic E-state index is 12.8. The van der Waals surface area contributed by atoms with E-state index in [2.05, 4.69) is 31.2 Å². The third-order valence-electron chi connectivity index (χ3n) is 6.38. The van der Waals surface area contributed by atoms with Gasteiger partial charge in [-0.3, -0.25) is 4.79 Å². The SMILES string of the molecule is COc1ccc(Nc2cc(Nc3cc(Cl)ccc3CC(=O)N[C@@H](CC(C)C)C(=O)O)ncn2)cc1OCCCNC(=O)OC(C)(C)C. The number of alkyl carbamates (subject to hydrolysis) is 1. The number of amides is 2. The summed E-state index contributed by atoms with van der Waals surface area (Å²) in [5.41, 5.74) is 1.24. The monoisotopic (exact) mass is 670 g/mol. The average molecular weight is 671 g/mol. The molecular weight excluding hydrogens is 628 g/mol. The summed E-state index contributed by atoms with van der Waals surface area (Å²) in [5, 5.41) is 21.7. The number of benzene rings is 2. The first kappa shape index (κ1) is 36.7. The lowest BCUT2D eigenvalue weighted by molar-refractivity contribution is -0.142. The van der Waals surface area contributed by atoms with Gasteiger partial charge in [-0.2, -0.15) is 0 Å². The summed E-state index contributed by atoms with van der Waals surface area (Å²) in [6.45, 7) is 9.90. The summed E-state index contributed by atoms with van der Waals surface area (Å²) in [6, 6.07) is 11.1. The molecule has 254 valence electrons. The maximum atomic E-state index is 12.8. The van der Waals surface area contributed by atoms with Gasteiger partial charge in [-0.25, -0.2) is 19.6 Å². The predicted molar refractivity (Wildman–Crippen MR) is 180 cm³/mol. The van der Waals surface area contributed by atoms with Crippen LogP contribution in [0.25, 0.3) is 0 Å². The van der Waals surface area contributed by atoms with E-state index >= 15 is 0 Å². The molecule has 0 unspecified atom stereocenters. The van der Waals surface area contributed by atoms with Crippen LogP contribution in [0.15, 0.2) is 48.8 Å². The highest BCUT2D eigenvalue weighted by Crippen LogP contribution is 2.32. The Hall–Kier alpha value is -4.78. The van der Waals surface area contributed by atoms with E-state index in [1.54, 1.807) is 64.3 Å². The number of halogens is 1. The normalized spacial score (nSPS) is 11.7. The van der Waals surface area contributed by atoms with Crippen molar-refractivity contribution in [2.45, 2.75) is 65.5 Å². The van der Waals surface area contributed by atoms with Crippen LogP contribution in [0, 0.1) is 5.92 Å². The van der Waals surface area contributed by atoms with Crippen LogP contribution in [0.4, 0.5) is 27.8 Å². The van der Waals surface area contributed by atoms with Crippen LogP contribution in [0.3, 0.4) is 0 Å². The van der Waals surface area contributed by atoms with Crippen LogP contribution >= 0.6 is 11.6 Å². The fraction of sp³-hybridized carbons (Fsp3) is 0.424. The molecule has 2 aromatic carbocycles. The number of carboxylic acids is 1. The summed E-state index contributed by atoms with van der Waals surface area (Å²) in [6.07, 6.45) is 1.70. The van der Waals surface area contributed by atoms with E-state index in [-0.39, 0.29) is 12.3 Å². The van der Waals surface area contributed by atoms with Crippen molar-refractivity contribution in [3.8, 4) is 11.5 Å². The lowest BCUT2D eigenvalue weighted by atomic mass is 10.0.